The first-order chi connectivity index (χ1) is 7.98. The van der Waals surface area contributed by atoms with Gasteiger partial charge in [0.15, 0.2) is 0 Å². The van der Waals surface area contributed by atoms with Gasteiger partial charge in [-0.2, -0.15) is 5.10 Å². The lowest BCUT2D eigenvalue weighted by molar-refractivity contribution is 0.559. The fourth-order valence-electron chi connectivity index (χ4n) is 1.74. The Hall–Kier alpha value is -1.08. The van der Waals surface area contributed by atoms with Gasteiger partial charge in [0.05, 0.1) is 23.4 Å². The van der Waals surface area contributed by atoms with Crippen LogP contribution in [0, 0.1) is 0 Å². The topological polar surface area (TPSA) is 91.9 Å². The monoisotopic (exact) mass is 277 g/mol. The summed E-state index contributed by atoms with van der Waals surface area (Å²) in [6, 6.07) is 0.0135. The molecule has 1 aromatic heterocycles. The molecule has 8 heteroatoms. The second kappa shape index (κ2) is 4.66. The molecule has 2 rings (SSSR count). The molecule has 0 spiro atoms. The van der Waals surface area contributed by atoms with Gasteiger partial charge in [-0.05, 0) is 12.8 Å². The zero-order valence-electron chi connectivity index (χ0n) is 8.94. The van der Waals surface area contributed by atoms with Crippen LogP contribution in [0.3, 0.4) is 0 Å². The first-order valence-corrected chi connectivity index (χ1v) is 7.38. The molecule has 94 valence electrons. The number of aromatic amines is 1. The molecule has 0 amide bonds. The highest BCUT2D eigenvalue weighted by Gasteiger charge is 2.24. The Morgan fingerprint density at radius 3 is 2.71 bits per heavy atom. The van der Waals surface area contributed by atoms with E-state index in [1.54, 1.807) is 0 Å². The number of anilines is 1. The van der Waals surface area contributed by atoms with Gasteiger partial charge in [0, 0.05) is 6.04 Å². The van der Waals surface area contributed by atoms with E-state index < -0.39 is 15.4 Å². The lowest BCUT2D eigenvalue weighted by Gasteiger charge is -2.23. The number of rotatable bonds is 2. The van der Waals surface area contributed by atoms with E-state index in [1.165, 1.54) is 6.20 Å². The average Bonchev–Trinajstić information content (AvgIpc) is 2.27. The van der Waals surface area contributed by atoms with Crippen molar-refractivity contribution >= 4 is 27.1 Å². The second-order valence-corrected chi connectivity index (χ2v) is 6.68. The molecule has 0 unspecified atom stereocenters. The van der Waals surface area contributed by atoms with Crippen molar-refractivity contribution in [1.29, 1.82) is 0 Å². The Kier molecular flexibility index (Phi) is 3.39. The van der Waals surface area contributed by atoms with Gasteiger partial charge in [0.1, 0.15) is 14.9 Å². The number of halogens is 1. The number of nitrogens with one attached hydrogen (secondary N) is 2. The van der Waals surface area contributed by atoms with E-state index in [2.05, 4.69) is 15.5 Å². The summed E-state index contributed by atoms with van der Waals surface area (Å²) in [5.74, 6) is 0.331. The first-order valence-electron chi connectivity index (χ1n) is 5.18. The van der Waals surface area contributed by atoms with E-state index in [4.69, 9.17) is 11.6 Å². The van der Waals surface area contributed by atoms with Crippen molar-refractivity contribution in [3.8, 4) is 0 Å². The lowest BCUT2D eigenvalue weighted by atomic mass is 10.1. The second-order valence-electron chi connectivity index (χ2n) is 4.00. The zero-order chi connectivity index (χ0) is 12.5. The molecule has 17 heavy (non-hydrogen) atoms. The highest BCUT2D eigenvalue weighted by molar-refractivity contribution is 7.91. The van der Waals surface area contributed by atoms with Gasteiger partial charge in [0.2, 0.25) is 0 Å². The van der Waals surface area contributed by atoms with E-state index in [-0.39, 0.29) is 22.6 Å². The highest BCUT2D eigenvalue weighted by Crippen LogP contribution is 2.20. The van der Waals surface area contributed by atoms with Gasteiger partial charge < -0.3 is 5.32 Å². The summed E-state index contributed by atoms with van der Waals surface area (Å²) < 4.78 is 22.5. The van der Waals surface area contributed by atoms with Crippen LogP contribution in [-0.4, -0.2) is 36.2 Å². The summed E-state index contributed by atoms with van der Waals surface area (Å²) >= 11 is 5.80. The van der Waals surface area contributed by atoms with Gasteiger partial charge in [-0.25, -0.2) is 13.5 Å². The van der Waals surface area contributed by atoms with E-state index in [0.717, 1.165) is 0 Å². The normalized spacial score (nSPS) is 20.1. The third kappa shape index (κ3) is 2.98. The molecule has 0 bridgehead atoms. The largest absolute Gasteiger partial charge is 0.380 e. The van der Waals surface area contributed by atoms with Crippen molar-refractivity contribution in [1.82, 2.24) is 10.2 Å². The van der Waals surface area contributed by atoms with Crippen LogP contribution in [-0.2, 0) is 9.84 Å². The first kappa shape index (κ1) is 12.4. The molecule has 1 aromatic rings. The van der Waals surface area contributed by atoms with Crippen LogP contribution in [0.25, 0.3) is 0 Å². The molecule has 1 saturated heterocycles. The van der Waals surface area contributed by atoms with E-state index in [1.807, 2.05) is 0 Å². The van der Waals surface area contributed by atoms with Crippen LogP contribution >= 0.6 is 11.6 Å². The van der Waals surface area contributed by atoms with Crippen LogP contribution in [0.15, 0.2) is 11.0 Å². The number of H-pyrrole nitrogens is 1. The smallest absolute Gasteiger partial charge is 0.285 e. The van der Waals surface area contributed by atoms with Crippen molar-refractivity contribution in [3.63, 3.8) is 0 Å². The van der Waals surface area contributed by atoms with E-state index in [9.17, 15) is 13.2 Å². The molecule has 2 N–H and O–H groups in total. The van der Waals surface area contributed by atoms with Gasteiger partial charge in [-0.1, -0.05) is 11.6 Å². The quantitative estimate of drug-likeness (QED) is 0.817. The van der Waals surface area contributed by atoms with Gasteiger partial charge in [0.25, 0.3) is 5.56 Å². The summed E-state index contributed by atoms with van der Waals surface area (Å²) in [4.78, 5) is 11.2. The van der Waals surface area contributed by atoms with Crippen LogP contribution in [0.1, 0.15) is 12.8 Å². The Bertz CT molecular complexity index is 555. The molecule has 2 heterocycles. The van der Waals surface area contributed by atoms with Crippen molar-refractivity contribution in [3.05, 3.63) is 21.6 Å². The van der Waals surface area contributed by atoms with Gasteiger partial charge >= 0.3 is 0 Å². The predicted molar refractivity (Wildman–Crippen MR) is 65.2 cm³/mol. The van der Waals surface area contributed by atoms with E-state index in [0.29, 0.717) is 18.5 Å². The Balaban J connectivity index is 2.08. The van der Waals surface area contributed by atoms with Crippen molar-refractivity contribution in [2.45, 2.75) is 18.9 Å². The molecular weight excluding hydrogens is 266 g/mol. The number of nitrogens with zero attached hydrogens (tertiary/aromatic N) is 1. The van der Waals surface area contributed by atoms with Crippen molar-refractivity contribution in [2.75, 3.05) is 16.8 Å². The lowest BCUT2D eigenvalue weighted by Crippen LogP contribution is -2.32. The summed E-state index contributed by atoms with van der Waals surface area (Å²) in [5, 5.41) is 8.95. The summed E-state index contributed by atoms with van der Waals surface area (Å²) in [6.45, 7) is 0. The minimum atomic E-state index is -2.88. The molecule has 1 fully saturated rings. The molecule has 6 nitrogen and oxygen atoms in total. The van der Waals surface area contributed by atoms with Crippen LogP contribution in [0.2, 0.25) is 5.02 Å². The maximum absolute atomic E-state index is 11.2. The summed E-state index contributed by atoms with van der Waals surface area (Å²) in [7, 11) is -2.88. The molecule has 0 aliphatic carbocycles. The molecular formula is C9H12ClN3O3S. The number of sulfone groups is 1. The average molecular weight is 278 g/mol. The third-order valence-electron chi connectivity index (χ3n) is 2.71. The van der Waals surface area contributed by atoms with Crippen molar-refractivity contribution < 1.29 is 8.42 Å². The van der Waals surface area contributed by atoms with Crippen LogP contribution < -0.4 is 10.9 Å². The number of aromatic nitrogens is 2. The molecule has 0 aromatic carbocycles. The van der Waals surface area contributed by atoms with Crippen molar-refractivity contribution in [2.24, 2.45) is 0 Å². The third-order valence-corrected chi connectivity index (χ3v) is 4.80. The SMILES string of the molecule is O=c1[nH]ncc(NC2CCS(=O)(=O)CC2)c1Cl. The van der Waals surface area contributed by atoms with Crippen LogP contribution in [0.5, 0.6) is 0 Å². The predicted octanol–water partition coefficient (Wildman–Crippen LogP) is 0.412. The molecule has 0 saturated carbocycles. The number of hydrogen-bond acceptors (Lipinski definition) is 5. The highest BCUT2D eigenvalue weighted by atomic mass is 35.5. The van der Waals surface area contributed by atoms with Gasteiger partial charge in [-0.15, -0.1) is 0 Å². The molecule has 0 atom stereocenters. The van der Waals surface area contributed by atoms with E-state index >= 15 is 0 Å². The molecule has 0 radical (unpaired) electrons. The Morgan fingerprint density at radius 1 is 1.41 bits per heavy atom. The Morgan fingerprint density at radius 2 is 2.06 bits per heavy atom. The number of hydrogen-bond donors (Lipinski definition) is 2. The fourth-order valence-corrected chi connectivity index (χ4v) is 3.38. The van der Waals surface area contributed by atoms with Gasteiger partial charge in [-0.3, -0.25) is 4.79 Å². The minimum absolute atomic E-state index is 0.0135. The summed E-state index contributed by atoms with van der Waals surface area (Å²) in [5.41, 5.74) is -0.0141. The standard InChI is InChI=1S/C9H12ClN3O3S/c10-8-7(5-11-13-9(8)14)12-6-1-3-17(15,16)4-2-6/h5-6H,1-4H2,(H2,12,13,14). The fraction of sp³-hybridized carbons (Fsp3) is 0.556. The zero-order valence-corrected chi connectivity index (χ0v) is 10.5. The minimum Gasteiger partial charge on any atom is -0.380 e. The molecule has 1 aliphatic rings. The maximum Gasteiger partial charge on any atom is 0.285 e. The van der Waals surface area contributed by atoms with Crippen LogP contribution in [0.4, 0.5) is 5.69 Å². The summed E-state index contributed by atoms with van der Waals surface area (Å²) in [6.07, 6.45) is 2.46. The Labute approximate surface area is 103 Å². The molecule has 1 aliphatic heterocycles. The maximum atomic E-state index is 11.2.